The molecule has 3 nitrogen and oxygen atoms in total. The van der Waals surface area contributed by atoms with Crippen LogP contribution in [0.3, 0.4) is 0 Å². The lowest BCUT2D eigenvalue weighted by Gasteiger charge is -1.98. The fraction of sp³-hybridized carbons (Fsp3) is 0.571. The Kier molecular flexibility index (Phi) is 13.4. The van der Waals surface area contributed by atoms with E-state index < -0.39 is 6.16 Å². The maximum absolute atomic E-state index is 10.2. The Bertz CT molecular complexity index is 95.9. The Hall–Kier alpha value is -1.06. The Morgan fingerprint density at radius 3 is 1.91 bits per heavy atom. The van der Waals surface area contributed by atoms with Crippen molar-refractivity contribution >= 4 is 6.16 Å². The highest BCUT2D eigenvalue weighted by Crippen LogP contribution is 1.81. The maximum Gasteiger partial charge on any atom is 0.508 e. The molecule has 0 radical (unpaired) electrons. The van der Waals surface area contributed by atoms with Crippen molar-refractivity contribution in [2.45, 2.75) is 13.8 Å². The van der Waals surface area contributed by atoms with Crippen molar-refractivity contribution in [3.8, 4) is 0 Å². The lowest BCUT2D eigenvalue weighted by atomic mass is 10.8. The first-order chi connectivity index (χ1) is 5.22. The Morgan fingerprint density at radius 2 is 1.73 bits per heavy atom. The average Bonchev–Trinajstić information content (AvgIpc) is 1.90. The molecule has 0 spiro atoms. The Labute approximate surface area is 65.8 Å². The first kappa shape index (κ1) is 12.6. The molecule has 0 unspecified atom stereocenters. The van der Waals surface area contributed by atoms with Crippen LogP contribution in [-0.4, -0.2) is 19.4 Å². The molecular formula is C7H13FO3. The summed E-state index contributed by atoms with van der Waals surface area (Å²) >= 11 is 0. The van der Waals surface area contributed by atoms with E-state index >= 15 is 0 Å². The number of carbonyl (C=O) groups excluding carboxylic acids is 1. The maximum atomic E-state index is 10.2. The number of rotatable bonds is 2. The molecule has 0 heterocycles. The summed E-state index contributed by atoms with van der Waals surface area (Å²) in [6.07, 6.45) is -0.338. The largest absolute Gasteiger partial charge is 0.508 e. The topological polar surface area (TPSA) is 35.5 Å². The second-order valence-corrected chi connectivity index (χ2v) is 1.27. The molecule has 0 fully saturated rings. The molecule has 0 aromatic heterocycles. The third-order valence-electron chi connectivity index (χ3n) is 0.524. The molecule has 0 amide bonds. The lowest BCUT2D eigenvalue weighted by Crippen LogP contribution is -2.05. The van der Waals surface area contributed by atoms with Crippen LogP contribution < -0.4 is 0 Å². The van der Waals surface area contributed by atoms with Crippen LogP contribution in [0.5, 0.6) is 0 Å². The van der Waals surface area contributed by atoms with Crippen LogP contribution in [-0.2, 0) is 9.47 Å². The second-order valence-electron chi connectivity index (χ2n) is 1.27. The van der Waals surface area contributed by atoms with E-state index in [0.29, 0.717) is 13.2 Å². The molecule has 0 atom stereocenters. The van der Waals surface area contributed by atoms with Gasteiger partial charge in [-0.05, 0) is 13.8 Å². The molecule has 66 valence electrons. The molecular weight excluding hydrogens is 151 g/mol. The van der Waals surface area contributed by atoms with Gasteiger partial charge in [-0.25, -0.2) is 9.18 Å². The van der Waals surface area contributed by atoms with Gasteiger partial charge in [0, 0.05) is 0 Å². The van der Waals surface area contributed by atoms with Gasteiger partial charge in [0.2, 0.25) is 0 Å². The Balaban J connectivity index is 0. The third kappa shape index (κ3) is 17.6. The van der Waals surface area contributed by atoms with Crippen LogP contribution in [0.25, 0.3) is 0 Å². The molecule has 0 saturated heterocycles. The summed E-state index contributed by atoms with van der Waals surface area (Å²) in [7, 11) is 0. The van der Waals surface area contributed by atoms with Gasteiger partial charge in [-0.15, -0.1) is 0 Å². The minimum Gasteiger partial charge on any atom is -0.435 e. The predicted octanol–water partition coefficient (Wildman–Crippen LogP) is 2.28. The summed E-state index contributed by atoms with van der Waals surface area (Å²) in [4.78, 5) is 10.2. The van der Waals surface area contributed by atoms with Crippen molar-refractivity contribution in [2.24, 2.45) is 0 Å². The van der Waals surface area contributed by atoms with E-state index in [1.807, 2.05) is 0 Å². The van der Waals surface area contributed by atoms with E-state index in [4.69, 9.17) is 0 Å². The number of halogens is 1. The first-order valence-electron chi connectivity index (χ1n) is 3.23. The van der Waals surface area contributed by atoms with E-state index in [1.54, 1.807) is 13.8 Å². The highest BCUT2D eigenvalue weighted by Gasteiger charge is 1.96. The van der Waals surface area contributed by atoms with Gasteiger partial charge in [-0.1, -0.05) is 6.58 Å². The van der Waals surface area contributed by atoms with E-state index in [-0.39, 0.29) is 6.33 Å². The molecule has 4 heteroatoms. The SMILES string of the molecule is C=CF.CCOC(=O)OCC. The van der Waals surface area contributed by atoms with Crippen molar-refractivity contribution in [3.05, 3.63) is 12.9 Å². The number of hydrogen-bond acceptors (Lipinski definition) is 3. The van der Waals surface area contributed by atoms with Gasteiger partial charge in [0.25, 0.3) is 0 Å². The van der Waals surface area contributed by atoms with Crippen LogP contribution in [0.1, 0.15) is 13.8 Å². The summed E-state index contributed by atoms with van der Waals surface area (Å²) in [5.41, 5.74) is 0. The van der Waals surface area contributed by atoms with Crippen molar-refractivity contribution in [2.75, 3.05) is 13.2 Å². The molecule has 0 aliphatic heterocycles. The summed E-state index contributed by atoms with van der Waals surface area (Å²) < 4.78 is 18.9. The van der Waals surface area contributed by atoms with Gasteiger partial charge in [-0.3, -0.25) is 0 Å². The normalized spacial score (nSPS) is 7.18. The molecule has 0 rings (SSSR count). The minimum absolute atomic E-state index is 0.250. The third-order valence-corrected chi connectivity index (χ3v) is 0.524. The second kappa shape index (κ2) is 11.7. The van der Waals surface area contributed by atoms with Crippen LogP contribution in [0.15, 0.2) is 12.9 Å². The first-order valence-corrected chi connectivity index (χ1v) is 3.23. The van der Waals surface area contributed by atoms with Crippen LogP contribution >= 0.6 is 0 Å². The molecule has 0 bridgehead atoms. The van der Waals surface area contributed by atoms with Gasteiger partial charge < -0.3 is 9.47 Å². The lowest BCUT2D eigenvalue weighted by molar-refractivity contribution is 0.0630. The average molecular weight is 164 g/mol. The summed E-state index contributed by atoms with van der Waals surface area (Å²) in [6.45, 7) is 6.91. The highest BCUT2D eigenvalue weighted by atomic mass is 19.1. The highest BCUT2D eigenvalue weighted by molar-refractivity contribution is 5.59. The fourth-order valence-electron chi connectivity index (χ4n) is 0.277. The number of ether oxygens (including phenoxy) is 2. The molecule has 0 aromatic rings. The van der Waals surface area contributed by atoms with Crippen molar-refractivity contribution in [1.82, 2.24) is 0 Å². The van der Waals surface area contributed by atoms with E-state index in [1.165, 1.54) is 0 Å². The molecule has 0 aliphatic carbocycles. The molecule has 11 heavy (non-hydrogen) atoms. The van der Waals surface area contributed by atoms with Gasteiger partial charge in [-0.2, -0.15) is 0 Å². The Morgan fingerprint density at radius 1 is 1.45 bits per heavy atom. The van der Waals surface area contributed by atoms with Crippen LogP contribution in [0.4, 0.5) is 9.18 Å². The van der Waals surface area contributed by atoms with E-state index in [0.717, 1.165) is 0 Å². The molecule has 0 aromatic carbocycles. The number of carbonyl (C=O) groups is 1. The minimum atomic E-state index is -0.588. The predicted molar refractivity (Wildman–Crippen MR) is 40.0 cm³/mol. The zero-order chi connectivity index (χ0) is 9.11. The van der Waals surface area contributed by atoms with Crippen molar-refractivity contribution in [3.63, 3.8) is 0 Å². The summed E-state index contributed by atoms with van der Waals surface area (Å²) in [5.74, 6) is 0. The summed E-state index contributed by atoms with van der Waals surface area (Å²) in [5, 5.41) is 0. The quantitative estimate of drug-likeness (QED) is 0.587. The number of hydrogen-bond donors (Lipinski definition) is 0. The standard InChI is InChI=1S/C5H10O3.C2H3F/c1-3-7-5(6)8-4-2;1-2-3/h3-4H2,1-2H3;2H,1H2. The monoisotopic (exact) mass is 164 g/mol. The zero-order valence-electron chi connectivity index (χ0n) is 6.80. The van der Waals surface area contributed by atoms with Crippen molar-refractivity contribution in [1.29, 1.82) is 0 Å². The van der Waals surface area contributed by atoms with Crippen LogP contribution in [0.2, 0.25) is 0 Å². The summed E-state index contributed by atoms with van der Waals surface area (Å²) in [6, 6.07) is 0. The van der Waals surface area contributed by atoms with E-state index in [2.05, 4.69) is 16.1 Å². The van der Waals surface area contributed by atoms with Crippen LogP contribution in [0, 0.1) is 0 Å². The van der Waals surface area contributed by atoms with Gasteiger partial charge in [0.1, 0.15) is 0 Å². The molecule has 0 N–H and O–H groups in total. The molecule has 0 saturated carbocycles. The van der Waals surface area contributed by atoms with Crippen molar-refractivity contribution < 1.29 is 18.7 Å². The van der Waals surface area contributed by atoms with Gasteiger partial charge >= 0.3 is 6.16 Å². The molecule has 0 aliphatic rings. The zero-order valence-corrected chi connectivity index (χ0v) is 6.80. The van der Waals surface area contributed by atoms with Gasteiger partial charge in [0.15, 0.2) is 0 Å². The smallest absolute Gasteiger partial charge is 0.435 e. The fourth-order valence-corrected chi connectivity index (χ4v) is 0.277. The van der Waals surface area contributed by atoms with Gasteiger partial charge in [0.05, 0.1) is 19.5 Å². The van der Waals surface area contributed by atoms with E-state index in [9.17, 15) is 9.18 Å².